The van der Waals surface area contributed by atoms with Gasteiger partial charge >= 0.3 is 0 Å². The summed E-state index contributed by atoms with van der Waals surface area (Å²) in [5.74, 6) is 0.730. The zero-order chi connectivity index (χ0) is 24.9. The highest BCUT2D eigenvalue weighted by Gasteiger charge is 2.12. The molecule has 0 radical (unpaired) electrons. The Morgan fingerprint density at radius 3 is 2.69 bits per heavy atom. The molecule has 3 rings (SSSR count). The van der Waals surface area contributed by atoms with Gasteiger partial charge in [0.25, 0.3) is 5.91 Å². The number of aliphatic hydroxyl groups excluding tert-OH is 1. The summed E-state index contributed by atoms with van der Waals surface area (Å²) < 4.78 is 11.0. The van der Waals surface area contributed by atoms with E-state index >= 15 is 0 Å². The molecule has 1 aliphatic rings. The number of ether oxygens (including phenoxy) is 2. The molecule has 0 saturated carbocycles. The van der Waals surface area contributed by atoms with Crippen molar-refractivity contribution < 1.29 is 24.2 Å². The number of nitrogens with one attached hydrogen (secondary N) is 3. The lowest BCUT2D eigenvalue weighted by Crippen LogP contribution is -2.39. The maximum Gasteiger partial charge on any atom is 0.257 e. The van der Waals surface area contributed by atoms with Crippen LogP contribution >= 0.6 is 0 Å². The normalized spacial score (nSPS) is 13.7. The number of aliphatic hydroxyl groups is 1. The number of hydrazone groups is 1. The van der Waals surface area contributed by atoms with E-state index in [0.29, 0.717) is 55.8 Å². The van der Waals surface area contributed by atoms with Gasteiger partial charge in [0.15, 0.2) is 6.61 Å². The van der Waals surface area contributed by atoms with Crippen LogP contribution in [0.4, 0.5) is 0 Å². The molecule has 0 spiro atoms. The fourth-order valence-electron chi connectivity index (χ4n) is 3.29. The summed E-state index contributed by atoms with van der Waals surface area (Å²) in [5.41, 5.74) is 4.90. The molecule has 4 N–H and O–H groups in total. The van der Waals surface area contributed by atoms with E-state index in [1.165, 1.54) is 0 Å². The molecule has 0 unspecified atom stereocenters. The molecule has 2 aromatic rings. The number of amides is 2. The fraction of sp³-hybridized carbons (Fsp3) is 0.360. The van der Waals surface area contributed by atoms with Crippen molar-refractivity contribution in [2.24, 2.45) is 5.10 Å². The van der Waals surface area contributed by atoms with Gasteiger partial charge in [-0.1, -0.05) is 24.3 Å². The van der Waals surface area contributed by atoms with E-state index in [2.05, 4.69) is 27.2 Å². The van der Waals surface area contributed by atoms with Crippen LogP contribution in [0.15, 0.2) is 53.6 Å². The van der Waals surface area contributed by atoms with E-state index in [0.717, 1.165) is 11.3 Å². The van der Waals surface area contributed by atoms with Gasteiger partial charge in [-0.3, -0.25) is 14.9 Å². The van der Waals surface area contributed by atoms with Crippen LogP contribution in [0.25, 0.3) is 0 Å². The van der Waals surface area contributed by atoms with E-state index < -0.39 is 6.23 Å². The highest BCUT2D eigenvalue weighted by Crippen LogP contribution is 2.17. The summed E-state index contributed by atoms with van der Waals surface area (Å²) in [6.45, 7) is 0.832. The Labute approximate surface area is 203 Å². The Kier molecular flexibility index (Phi) is 10.0. The van der Waals surface area contributed by atoms with Crippen LogP contribution in [-0.2, 0) is 16.0 Å². The number of nitrogens with zero attached hydrogens (tertiary/aromatic N) is 2. The number of rotatable bonds is 13. The van der Waals surface area contributed by atoms with E-state index in [-0.39, 0.29) is 25.0 Å². The van der Waals surface area contributed by atoms with Crippen molar-refractivity contribution in [1.82, 2.24) is 16.1 Å². The summed E-state index contributed by atoms with van der Waals surface area (Å²) >= 11 is 0. The van der Waals surface area contributed by atoms with Crippen LogP contribution < -0.4 is 25.5 Å². The molecule has 1 aliphatic heterocycles. The van der Waals surface area contributed by atoms with Crippen LogP contribution in [0.5, 0.6) is 11.5 Å². The maximum atomic E-state index is 12.0. The first kappa shape index (κ1) is 25.7. The van der Waals surface area contributed by atoms with Crippen LogP contribution in [0.2, 0.25) is 0 Å². The fourth-order valence-corrected chi connectivity index (χ4v) is 3.29. The number of carbonyl (C=O) groups is 2. The molecule has 0 bridgehead atoms. The molecule has 2 aromatic carbocycles. The zero-order valence-corrected chi connectivity index (χ0v) is 19.3. The lowest BCUT2D eigenvalue weighted by Gasteiger charge is -2.14. The van der Waals surface area contributed by atoms with Gasteiger partial charge in [0.2, 0.25) is 5.91 Å². The minimum atomic E-state index is -0.799. The first-order valence-corrected chi connectivity index (χ1v) is 11.4. The van der Waals surface area contributed by atoms with Crippen LogP contribution in [-0.4, -0.2) is 55.2 Å². The molecule has 1 atom stereocenters. The van der Waals surface area contributed by atoms with Gasteiger partial charge in [0.1, 0.15) is 23.8 Å². The van der Waals surface area contributed by atoms with Gasteiger partial charge in [-0.15, -0.1) is 0 Å². The Morgan fingerprint density at radius 1 is 1.14 bits per heavy atom. The minimum absolute atomic E-state index is 0.0629. The Hall–Kier alpha value is -3.94. The van der Waals surface area contributed by atoms with Crippen molar-refractivity contribution in [2.75, 3.05) is 26.3 Å². The summed E-state index contributed by atoms with van der Waals surface area (Å²) in [4.78, 5) is 23.1. The van der Waals surface area contributed by atoms with Crippen LogP contribution in [0.3, 0.4) is 0 Å². The van der Waals surface area contributed by atoms with E-state index in [4.69, 9.17) is 14.7 Å². The molecule has 10 nitrogen and oxygen atoms in total. The predicted octanol–water partition coefficient (Wildman–Crippen LogP) is 1.24. The van der Waals surface area contributed by atoms with Crippen molar-refractivity contribution in [3.8, 4) is 17.6 Å². The number of hydrogen-bond donors (Lipinski definition) is 4. The SMILES string of the molecule is N#Cc1ccccc1OCC[C@H](O)NCCNC(=O)COc1ccc(CC2=NNC(=O)CC2)cc1. The van der Waals surface area contributed by atoms with Crippen molar-refractivity contribution in [3.05, 3.63) is 59.7 Å². The zero-order valence-electron chi connectivity index (χ0n) is 19.3. The first-order valence-electron chi connectivity index (χ1n) is 11.4. The third-order valence-electron chi connectivity index (χ3n) is 5.16. The van der Waals surface area contributed by atoms with Gasteiger partial charge in [0, 0.05) is 38.1 Å². The van der Waals surface area contributed by atoms with Crippen molar-refractivity contribution in [3.63, 3.8) is 0 Å². The molecular weight excluding hydrogens is 450 g/mol. The Balaban J connectivity index is 1.25. The quantitative estimate of drug-likeness (QED) is 0.250. The smallest absolute Gasteiger partial charge is 0.257 e. The van der Waals surface area contributed by atoms with Crippen molar-refractivity contribution in [2.45, 2.75) is 31.9 Å². The molecule has 0 fully saturated rings. The topological polar surface area (TPSA) is 145 Å². The summed E-state index contributed by atoms with van der Waals surface area (Å²) in [6.07, 6.45) is 1.29. The molecule has 2 amide bonds. The second-order valence-corrected chi connectivity index (χ2v) is 7.89. The highest BCUT2D eigenvalue weighted by atomic mass is 16.5. The van der Waals surface area contributed by atoms with Gasteiger partial charge in [0.05, 0.1) is 12.2 Å². The minimum Gasteiger partial charge on any atom is -0.492 e. The van der Waals surface area contributed by atoms with Gasteiger partial charge in [-0.05, 0) is 36.2 Å². The largest absolute Gasteiger partial charge is 0.492 e. The molecule has 10 heteroatoms. The lowest BCUT2D eigenvalue weighted by atomic mass is 10.0. The van der Waals surface area contributed by atoms with Gasteiger partial charge in [-0.2, -0.15) is 10.4 Å². The van der Waals surface area contributed by atoms with E-state index in [1.807, 2.05) is 12.1 Å². The molecule has 0 aromatic heterocycles. The van der Waals surface area contributed by atoms with E-state index in [1.54, 1.807) is 36.4 Å². The standard InChI is InChI=1S/C25H29N5O5/c26-16-19-3-1-2-4-22(19)34-14-11-23(31)27-12-13-28-25(33)17-35-21-8-5-18(6-9-21)15-20-7-10-24(32)30-29-20/h1-6,8-9,23,27,31H,7,10-15,17H2,(H,28,33)(H,30,32)/t23-/m0/s1. The molecule has 0 saturated heterocycles. The number of benzene rings is 2. The van der Waals surface area contributed by atoms with Gasteiger partial charge in [-0.25, -0.2) is 5.43 Å². The second kappa shape index (κ2) is 13.7. The number of para-hydroxylation sites is 1. The monoisotopic (exact) mass is 479 g/mol. The number of hydrogen-bond acceptors (Lipinski definition) is 8. The van der Waals surface area contributed by atoms with Crippen molar-refractivity contribution in [1.29, 1.82) is 5.26 Å². The van der Waals surface area contributed by atoms with E-state index in [9.17, 15) is 14.7 Å². The average Bonchev–Trinajstić information content (AvgIpc) is 2.88. The van der Waals surface area contributed by atoms with Crippen LogP contribution in [0, 0.1) is 11.3 Å². The highest BCUT2D eigenvalue weighted by molar-refractivity contribution is 5.93. The third kappa shape index (κ3) is 9.08. The molecule has 1 heterocycles. The van der Waals surface area contributed by atoms with Crippen LogP contribution in [0.1, 0.15) is 30.4 Å². The lowest BCUT2D eigenvalue weighted by molar-refractivity contribution is -0.123. The molecule has 35 heavy (non-hydrogen) atoms. The second-order valence-electron chi connectivity index (χ2n) is 7.89. The summed E-state index contributed by atoms with van der Waals surface area (Å²) in [5, 5.41) is 28.7. The molecular formula is C25H29N5O5. The molecule has 0 aliphatic carbocycles. The summed E-state index contributed by atoms with van der Waals surface area (Å²) in [7, 11) is 0. The first-order chi connectivity index (χ1) is 17.0. The predicted molar refractivity (Wildman–Crippen MR) is 129 cm³/mol. The maximum absolute atomic E-state index is 12.0. The Morgan fingerprint density at radius 2 is 1.94 bits per heavy atom. The third-order valence-corrected chi connectivity index (χ3v) is 5.16. The Bertz CT molecular complexity index is 1060. The van der Waals surface area contributed by atoms with Crippen molar-refractivity contribution >= 4 is 17.5 Å². The number of nitriles is 1. The molecule has 184 valence electrons. The van der Waals surface area contributed by atoms with Gasteiger partial charge < -0.3 is 19.9 Å². The number of carbonyl (C=O) groups excluding carboxylic acids is 2. The summed E-state index contributed by atoms with van der Waals surface area (Å²) in [6, 6.07) is 16.4. The average molecular weight is 480 g/mol.